The van der Waals surface area contributed by atoms with Crippen LogP contribution >= 0.6 is 0 Å². The zero-order valence-electron chi connectivity index (χ0n) is 12.1. The van der Waals surface area contributed by atoms with Crippen molar-refractivity contribution in [3.63, 3.8) is 0 Å². The van der Waals surface area contributed by atoms with E-state index in [4.69, 9.17) is 0 Å². The average molecular weight is 239 g/mol. The van der Waals surface area contributed by atoms with Crippen molar-refractivity contribution in [2.45, 2.75) is 66.0 Å². The highest BCUT2D eigenvalue weighted by atomic mass is 16.3. The maximum absolute atomic E-state index is 9.48. The van der Waals surface area contributed by atoms with Crippen LogP contribution in [0, 0.1) is 22.7 Å². The topological polar surface area (TPSA) is 32.3 Å². The molecule has 2 nitrogen and oxygen atoms in total. The van der Waals surface area contributed by atoms with E-state index in [1.165, 1.54) is 19.3 Å². The fourth-order valence-electron chi connectivity index (χ4n) is 4.17. The van der Waals surface area contributed by atoms with Crippen molar-refractivity contribution in [1.29, 1.82) is 0 Å². The van der Waals surface area contributed by atoms with E-state index in [0.717, 1.165) is 5.92 Å². The van der Waals surface area contributed by atoms with Gasteiger partial charge in [-0.2, -0.15) is 0 Å². The van der Waals surface area contributed by atoms with Gasteiger partial charge in [0.2, 0.25) is 0 Å². The van der Waals surface area contributed by atoms with Gasteiger partial charge in [-0.25, -0.2) is 0 Å². The van der Waals surface area contributed by atoms with Crippen molar-refractivity contribution in [2.24, 2.45) is 22.7 Å². The van der Waals surface area contributed by atoms with Crippen molar-refractivity contribution >= 4 is 0 Å². The SMILES string of the molecule is CC(C)[C@@H](CO)NC1CC2CCC1(C)C2(C)C. The molecule has 2 aliphatic rings. The quantitative estimate of drug-likeness (QED) is 0.790. The summed E-state index contributed by atoms with van der Waals surface area (Å²) in [6, 6.07) is 0.850. The highest BCUT2D eigenvalue weighted by Gasteiger charge is 2.61. The highest BCUT2D eigenvalue weighted by Crippen LogP contribution is 2.65. The zero-order chi connectivity index (χ0) is 12.8. The number of aliphatic hydroxyl groups is 1. The Morgan fingerprint density at radius 2 is 1.94 bits per heavy atom. The second-order valence-corrected chi connectivity index (χ2v) is 7.36. The Morgan fingerprint density at radius 1 is 1.29 bits per heavy atom. The van der Waals surface area contributed by atoms with Gasteiger partial charge in [0.25, 0.3) is 0 Å². The van der Waals surface area contributed by atoms with E-state index in [1.807, 2.05) is 0 Å². The van der Waals surface area contributed by atoms with Gasteiger partial charge in [0, 0.05) is 12.1 Å². The second-order valence-electron chi connectivity index (χ2n) is 7.36. The molecule has 2 rings (SSSR count). The number of aliphatic hydroxyl groups excluding tert-OH is 1. The lowest BCUT2D eigenvalue weighted by atomic mass is 9.69. The Kier molecular flexibility index (Phi) is 3.33. The minimum Gasteiger partial charge on any atom is -0.395 e. The number of rotatable bonds is 4. The van der Waals surface area contributed by atoms with E-state index in [-0.39, 0.29) is 12.6 Å². The van der Waals surface area contributed by atoms with Gasteiger partial charge >= 0.3 is 0 Å². The van der Waals surface area contributed by atoms with Crippen LogP contribution in [0.1, 0.15) is 53.9 Å². The van der Waals surface area contributed by atoms with E-state index in [9.17, 15) is 5.11 Å². The maximum atomic E-state index is 9.48. The van der Waals surface area contributed by atoms with Gasteiger partial charge in [-0.05, 0) is 41.9 Å². The Bertz CT molecular complexity index is 287. The standard InChI is InChI=1S/C15H29NO/c1-10(2)12(9-17)16-13-8-11-6-7-15(13,5)14(11,3)4/h10-13,16-17H,6-9H2,1-5H3/t11?,12-,13?,15?/m1/s1. The fraction of sp³-hybridized carbons (Fsp3) is 1.00. The highest BCUT2D eigenvalue weighted by molar-refractivity contribution is 5.13. The molecule has 0 spiro atoms. The summed E-state index contributed by atoms with van der Waals surface area (Å²) < 4.78 is 0. The van der Waals surface area contributed by atoms with Crippen LogP contribution in [0.3, 0.4) is 0 Å². The molecule has 2 heteroatoms. The van der Waals surface area contributed by atoms with E-state index < -0.39 is 0 Å². The lowest BCUT2D eigenvalue weighted by Gasteiger charge is -2.41. The summed E-state index contributed by atoms with van der Waals surface area (Å²) in [5, 5.41) is 13.2. The minimum absolute atomic E-state index is 0.256. The van der Waals surface area contributed by atoms with E-state index in [2.05, 4.69) is 39.9 Å². The van der Waals surface area contributed by atoms with Gasteiger partial charge in [0.15, 0.2) is 0 Å². The molecule has 4 atom stereocenters. The molecule has 0 aromatic rings. The normalized spacial score (nSPS) is 41.1. The number of hydrogen-bond acceptors (Lipinski definition) is 2. The van der Waals surface area contributed by atoms with Crippen LogP contribution in [0.5, 0.6) is 0 Å². The summed E-state index contributed by atoms with van der Waals surface area (Å²) in [6.45, 7) is 12.0. The van der Waals surface area contributed by atoms with E-state index in [1.54, 1.807) is 0 Å². The molecule has 2 saturated carbocycles. The first kappa shape index (κ1) is 13.4. The largest absolute Gasteiger partial charge is 0.395 e. The summed E-state index contributed by atoms with van der Waals surface area (Å²) in [5.41, 5.74) is 0.877. The van der Waals surface area contributed by atoms with Crippen LogP contribution in [0.25, 0.3) is 0 Å². The molecular formula is C15H29NO. The summed E-state index contributed by atoms with van der Waals surface area (Å²) >= 11 is 0. The molecule has 0 heterocycles. The van der Waals surface area contributed by atoms with Crippen LogP contribution in [-0.4, -0.2) is 23.8 Å². The molecule has 2 bridgehead atoms. The van der Waals surface area contributed by atoms with E-state index in [0.29, 0.717) is 22.8 Å². The predicted octanol–water partition coefficient (Wildman–Crippen LogP) is 2.81. The van der Waals surface area contributed by atoms with Crippen LogP contribution in [0.2, 0.25) is 0 Å². The molecule has 0 aromatic heterocycles. The summed E-state index contributed by atoms with van der Waals surface area (Å²) in [6.07, 6.45) is 4.04. The zero-order valence-corrected chi connectivity index (χ0v) is 12.1. The lowest BCUT2D eigenvalue weighted by Crippen LogP contribution is -2.51. The third kappa shape index (κ3) is 1.84. The van der Waals surface area contributed by atoms with Gasteiger partial charge < -0.3 is 10.4 Å². The molecule has 0 aliphatic heterocycles. The molecular weight excluding hydrogens is 210 g/mol. The van der Waals surface area contributed by atoms with Gasteiger partial charge in [-0.3, -0.25) is 0 Å². The summed E-state index contributed by atoms with van der Waals surface area (Å²) in [7, 11) is 0. The molecule has 3 unspecified atom stereocenters. The van der Waals surface area contributed by atoms with Crippen molar-refractivity contribution < 1.29 is 5.11 Å². The van der Waals surface area contributed by atoms with Gasteiger partial charge in [0.1, 0.15) is 0 Å². The monoisotopic (exact) mass is 239 g/mol. The number of nitrogens with one attached hydrogen (secondary N) is 1. The maximum Gasteiger partial charge on any atom is 0.0587 e. The van der Waals surface area contributed by atoms with Crippen molar-refractivity contribution in [1.82, 2.24) is 5.32 Å². The smallest absolute Gasteiger partial charge is 0.0587 e. The van der Waals surface area contributed by atoms with Crippen LogP contribution in [0.15, 0.2) is 0 Å². The van der Waals surface area contributed by atoms with E-state index >= 15 is 0 Å². The molecule has 0 radical (unpaired) electrons. The van der Waals surface area contributed by atoms with Crippen LogP contribution < -0.4 is 5.32 Å². The van der Waals surface area contributed by atoms with Gasteiger partial charge in [-0.15, -0.1) is 0 Å². The van der Waals surface area contributed by atoms with Crippen LogP contribution in [0.4, 0.5) is 0 Å². The first-order chi connectivity index (χ1) is 7.83. The number of hydrogen-bond donors (Lipinski definition) is 2. The molecule has 100 valence electrons. The molecule has 17 heavy (non-hydrogen) atoms. The lowest BCUT2D eigenvalue weighted by molar-refractivity contribution is 0.0989. The fourth-order valence-corrected chi connectivity index (χ4v) is 4.17. The van der Waals surface area contributed by atoms with Crippen molar-refractivity contribution in [3.8, 4) is 0 Å². The first-order valence-corrected chi connectivity index (χ1v) is 7.20. The average Bonchev–Trinajstić information content (AvgIpc) is 2.57. The van der Waals surface area contributed by atoms with Gasteiger partial charge in [-0.1, -0.05) is 34.6 Å². The third-order valence-corrected chi connectivity index (χ3v) is 6.21. The third-order valence-electron chi connectivity index (χ3n) is 6.21. The van der Waals surface area contributed by atoms with Crippen LogP contribution in [-0.2, 0) is 0 Å². The number of fused-ring (bicyclic) bond motifs is 2. The predicted molar refractivity (Wildman–Crippen MR) is 71.9 cm³/mol. The van der Waals surface area contributed by atoms with Crippen molar-refractivity contribution in [2.75, 3.05) is 6.61 Å². The molecule has 0 saturated heterocycles. The molecule has 2 aliphatic carbocycles. The molecule has 2 N–H and O–H groups in total. The summed E-state index contributed by atoms with van der Waals surface area (Å²) in [4.78, 5) is 0. The Morgan fingerprint density at radius 3 is 2.29 bits per heavy atom. The van der Waals surface area contributed by atoms with Crippen molar-refractivity contribution in [3.05, 3.63) is 0 Å². The minimum atomic E-state index is 0.256. The second kappa shape index (κ2) is 4.24. The van der Waals surface area contributed by atoms with Gasteiger partial charge in [0.05, 0.1) is 6.61 Å². The Balaban J connectivity index is 2.10. The Hall–Kier alpha value is -0.0800. The summed E-state index contributed by atoms with van der Waals surface area (Å²) in [5.74, 6) is 1.38. The first-order valence-electron chi connectivity index (χ1n) is 7.20. The molecule has 2 fully saturated rings. The molecule has 0 aromatic carbocycles. The molecule has 0 amide bonds. The Labute approximate surface area is 106 Å².